The smallest absolute Gasteiger partial charge is 0.291 e. The molecule has 3 rings (SSSR count). The maximum absolute atomic E-state index is 12.4. The van der Waals surface area contributed by atoms with Crippen molar-refractivity contribution >= 4 is 28.3 Å². The number of rotatable bonds is 4. The number of carbonyl (C=O) groups excluding carboxylic acids is 1. The molecule has 0 spiro atoms. The molecule has 0 bridgehead atoms. The maximum atomic E-state index is 12.4. The monoisotopic (exact) mass is 326 g/mol. The Labute approximate surface area is 137 Å². The van der Waals surface area contributed by atoms with E-state index in [0.717, 1.165) is 10.9 Å². The van der Waals surface area contributed by atoms with Gasteiger partial charge in [-0.25, -0.2) is 0 Å². The number of benzene rings is 2. The van der Waals surface area contributed by atoms with Gasteiger partial charge in [0, 0.05) is 17.5 Å². The fourth-order valence-corrected chi connectivity index (χ4v) is 2.34. The highest BCUT2D eigenvalue weighted by Gasteiger charge is 2.17. The second-order valence-corrected chi connectivity index (χ2v) is 5.25. The number of carbonyl (C=O) groups is 1. The van der Waals surface area contributed by atoms with E-state index in [1.54, 1.807) is 6.07 Å². The average Bonchev–Trinajstić information content (AvgIpc) is 2.97. The average molecular weight is 326 g/mol. The maximum Gasteiger partial charge on any atom is 0.291 e. The van der Waals surface area contributed by atoms with Crippen LogP contribution in [0.15, 0.2) is 46.9 Å². The summed E-state index contributed by atoms with van der Waals surface area (Å²) in [6.07, 6.45) is 0. The summed E-state index contributed by atoms with van der Waals surface area (Å²) in [5, 5.41) is 14.3. The number of nitrogens with zero attached hydrogens (tertiary/aromatic N) is 1. The third-order valence-electron chi connectivity index (χ3n) is 3.54. The van der Waals surface area contributed by atoms with Crippen LogP contribution in [0.4, 0.5) is 11.4 Å². The van der Waals surface area contributed by atoms with Gasteiger partial charge in [-0.3, -0.25) is 14.9 Å². The number of aryl methyl sites for hydroxylation is 1. The van der Waals surface area contributed by atoms with Crippen LogP contribution in [0.25, 0.3) is 11.0 Å². The number of amides is 1. The van der Waals surface area contributed by atoms with Crippen molar-refractivity contribution in [3.05, 3.63) is 63.9 Å². The molecule has 0 fully saturated rings. The molecule has 1 heterocycles. The topological polar surface area (TPSA) is 94.6 Å². The summed E-state index contributed by atoms with van der Waals surface area (Å²) in [6.45, 7) is 1.93. The number of hydrogen-bond donors (Lipinski definition) is 1. The van der Waals surface area contributed by atoms with E-state index in [1.165, 1.54) is 25.3 Å². The minimum atomic E-state index is -0.543. The quantitative estimate of drug-likeness (QED) is 0.579. The molecule has 2 aromatic carbocycles. The van der Waals surface area contributed by atoms with Crippen LogP contribution in [0.3, 0.4) is 0 Å². The zero-order valence-electron chi connectivity index (χ0n) is 13.0. The molecule has 24 heavy (non-hydrogen) atoms. The summed E-state index contributed by atoms with van der Waals surface area (Å²) >= 11 is 0. The van der Waals surface area contributed by atoms with Gasteiger partial charge in [-0.15, -0.1) is 0 Å². The van der Waals surface area contributed by atoms with E-state index in [1.807, 2.05) is 25.1 Å². The van der Waals surface area contributed by atoms with Crippen molar-refractivity contribution in [3.63, 3.8) is 0 Å². The lowest BCUT2D eigenvalue weighted by atomic mass is 10.2. The minimum Gasteiger partial charge on any atom is -0.495 e. The van der Waals surface area contributed by atoms with Crippen molar-refractivity contribution in [2.45, 2.75) is 6.92 Å². The summed E-state index contributed by atoms with van der Waals surface area (Å²) in [5.41, 5.74) is 1.68. The molecule has 7 heteroatoms. The molecule has 3 aromatic rings. The minimum absolute atomic E-state index is 0.115. The zero-order chi connectivity index (χ0) is 17.3. The molecule has 0 aliphatic rings. The van der Waals surface area contributed by atoms with E-state index in [9.17, 15) is 14.9 Å². The van der Waals surface area contributed by atoms with Crippen molar-refractivity contribution < 1.29 is 18.9 Å². The number of hydrogen-bond acceptors (Lipinski definition) is 5. The molecule has 0 saturated carbocycles. The number of non-ortho nitro benzene ring substituents is 1. The van der Waals surface area contributed by atoms with Gasteiger partial charge in [0.05, 0.1) is 17.7 Å². The van der Waals surface area contributed by atoms with Gasteiger partial charge >= 0.3 is 0 Å². The Morgan fingerprint density at radius 2 is 2.00 bits per heavy atom. The first-order valence-corrected chi connectivity index (χ1v) is 7.12. The summed E-state index contributed by atoms with van der Waals surface area (Å²) in [7, 11) is 1.42. The predicted molar refractivity (Wildman–Crippen MR) is 88.6 cm³/mol. The Kier molecular flexibility index (Phi) is 3.91. The summed E-state index contributed by atoms with van der Waals surface area (Å²) < 4.78 is 10.7. The van der Waals surface area contributed by atoms with Gasteiger partial charge in [0.1, 0.15) is 11.3 Å². The number of furan rings is 1. The van der Waals surface area contributed by atoms with Crippen LogP contribution in [0.2, 0.25) is 0 Å². The van der Waals surface area contributed by atoms with E-state index >= 15 is 0 Å². The molecule has 0 aliphatic heterocycles. The van der Waals surface area contributed by atoms with Crippen LogP contribution in [-0.2, 0) is 0 Å². The number of ether oxygens (including phenoxy) is 1. The molecule has 0 aliphatic carbocycles. The van der Waals surface area contributed by atoms with Crippen molar-refractivity contribution in [2.24, 2.45) is 0 Å². The second-order valence-electron chi connectivity index (χ2n) is 5.25. The largest absolute Gasteiger partial charge is 0.495 e. The number of nitrogens with one attached hydrogen (secondary N) is 1. The van der Waals surface area contributed by atoms with Crippen molar-refractivity contribution in [1.82, 2.24) is 0 Å². The van der Waals surface area contributed by atoms with Crippen LogP contribution in [0.1, 0.15) is 16.1 Å². The molecule has 0 radical (unpaired) electrons. The van der Waals surface area contributed by atoms with E-state index in [2.05, 4.69) is 5.32 Å². The zero-order valence-corrected chi connectivity index (χ0v) is 13.0. The molecule has 7 nitrogen and oxygen atoms in total. The lowest BCUT2D eigenvalue weighted by Gasteiger charge is -2.08. The van der Waals surface area contributed by atoms with Crippen LogP contribution in [0, 0.1) is 17.0 Å². The molecule has 0 unspecified atom stereocenters. The Morgan fingerprint density at radius 3 is 2.71 bits per heavy atom. The van der Waals surface area contributed by atoms with E-state index in [0.29, 0.717) is 11.3 Å². The molecule has 1 amide bonds. The van der Waals surface area contributed by atoms with Gasteiger partial charge < -0.3 is 14.5 Å². The van der Waals surface area contributed by atoms with E-state index in [-0.39, 0.29) is 17.1 Å². The van der Waals surface area contributed by atoms with Gasteiger partial charge in [-0.05, 0) is 30.7 Å². The van der Waals surface area contributed by atoms with E-state index < -0.39 is 10.8 Å². The number of fused-ring (bicyclic) bond motifs is 1. The molecule has 122 valence electrons. The highest BCUT2D eigenvalue weighted by atomic mass is 16.6. The highest BCUT2D eigenvalue weighted by molar-refractivity contribution is 6.05. The molecule has 0 saturated heterocycles. The van der Waals surface area contributed by atoms with Crippen LogP contribution in [-0.4, -0.2) is 17.9 Å². The predicted octanol–water partition coefficient (Wildman–Crippen LogP) is 3.91. The fraction of sp³-hybridized carbons (Fsp3) is 0.118. The van der Waals surface area contributed by atoms with Gasteiger partial charge in [-0.1, -0.05) is 12.1 Å². The van der Waals surface area contributed by atoms with Crippen molar-refractivity contribution in [1.29, 1.82) is 0 Å². The molecular formula is C17H14N2O5. The molecule has 1 aromatic heterocycles. The summed E-state index contributed by atoms with van der Waals surface area (Å²) in [5.74, 6) is -0.0762. The Bertz CT molecular complexity index is 945. The number of nitro benzene ring substituents is 1. The first kappa shape index (κ1) is 15.5. The Balaban J connectivity index is 1.93. The molecular weight excluding hydrogens is 312 g/mol. The van der Waals surface area contributed by atoms with Gasteiger partial charge in [0.25, 0.3) is 11.6 Å². The van der Waals surface area contributed by atoms with Gasteiger partial charge in [0.2, 0.25) is 0 Å². The molecule has 1 N–H and O–H groups in total. The third-order valence-corrected chi connectivity index (χ3v) is 3.54. The van der Waals surface area contributed by atoms with Crippen LogP contribution < -0.4 is 10.1 Å². The molecule has 0 atom stereocenters. The van der Waals surface area contributed by atoms with Gasteiger partial charge in [-0.2, -0.15) is 0 Å². The Morgan fingerprint density at radius 1 is 1.21 bits per heavy atom. The van der Waals surface area contributed by atoms with E-state index in [4.69, 9.17) is 9.15 Å². The summed E-state index contributed by atoms with van der Waals surface area (Å²) in [4.78, 5) is 22.7. The Hall–Kier alpha value is -3.35. The first-order valence-electron chi connectivity index (χ1n) is 7.12. The lowest BCUT2D eigenvalue weighted by molar-refractivity contribution is -0.384. The van der Waals surface area contributed by atoms with Crippen LogP contribution >= 0.6 is 0 Å². The number of methoxy groups -OCH3 is 1. The van der Waals surface area contributed by atoms with Crippen molar-refractivity contribution in [3.8, 4) is 5.75 Å². The lowest BCUT2D eigenvalue weighted by Crippen LogP contribution is -2.12. The fourth-order valence-electron chi connectivity index (χ4n) is 2.34. The second kappa shape index (κ2) is 6.04. The van der Waals surface area contributed by atoms with Crippen molar-refractivity contribution in [2.75, 3.05) is 12.4 Å². The standard InChI is InChI=1S/C17H14N2O5/c1-10-3-4-11-8-16(24-15(11)7-10)17(20)18-13-9-12(19(21)22)5-6-14(13)23-2/h3-9H,1-2H3,(H,18,20). The number of anilines is 1. The third kappa shape index (κ3) is 2.91. The van der Waals surface area contributed by atoms with Crippen LogP contribution in [0.5, 0.6) is 5.75 Å². The highest BCUT2D eigenvalue weighted by Crippen LogP contribution is 2.30. The number of nitro groups is 1. The SMILES string of the molecule is COc1ccc([N+](=O)[O-])cc1NC(=O)c1cc2ccc(C)cc2o1. The normalized spacial score (nSPS) is 10.6. The summed E-state index contributed by atoms with van der Waals surface area (Å²) in [6, 6.07) is 11.2. The van der Waals surface area contributed by atoms with Gasteiger partial charge in [0.15, 0.2) is 5.76 Å². The first-order chi connectivity index (χ1) is 11.5.